The summed E-state index contributed by atoms with van der Waals surface area (Å²) >= 11 is 0. The van der Waals surface area contributed by atoms with Crippen LogP contribution in [0.15, 0.2) is 0 Å². The number of hydrogen-bond donors (Lipinski definition) is 0. The Morgan fingerprint density at radius 1 is 1.54 bits per heavy atom. The highest BCUT2D eigenvalue weighted by Crippen LogP contribution is 2.46. The molecular weight excluding hydrogens is 168 g/mol. The van der Waals surface area contributed by atoms with Crippen LogP contribution >= 0.6 is 0 Å². The molecule has 2 aliphatic carbocycles. The molecule has 0 radical (unpaired) electrons. The van der Waals surface area contributed by atoms with Gasteiger partial charge in [-0.25, -0.2) is 0 Å². The van der Waals surface area contributed by atoms with Crippen LogP contribution in [0.25, 0.3) is 0 Å². The molecule has 0 amide bonds. The SMILES string of the molecule is CC(=O)OC[C@H]1C[C@H]2CC(=O)[C@@H]1C2. The van der Waals surface area contributed by atoms with Crippen LogP contribution < -0.4 is 0 Å². The molecule has 0 saturated heterocycles. The lowest BCUT2D eigenvalue weighted by molar-refractivity contribution is -0.144. The Bertz CT molecular complexity index is 247. The molecule has 13 heavy (non-hydrogen) atoms. The van der Waals surface area contributed by atoms with Gasteiger partial charge < -0.3 is 4.74 Å². The first-order valence-electron chi connectivity index (χ1n) is 4.83. The molecule has 72 valence electrons. The van der Waals surface area contributed by atoms with E-state index in [2.05, 4.69) is 0 Å². The average molecular weight is 182 g/mol. The maximum absolute atomic E-state index is 11.4. The van der Waals surface area contributed by atoms with Crippen molar-refractivity contribution in [1.29, 1.82) is 0 Å². The van der Waals surface area contributed by atoms with Crippen LogP contribution in [0, 0.1) is 17.8 Å². The van der Waals surface area contributed by atoms with Crippen LogP contribution in [0.3, 0.4) is 0 Å². The molecule has 0 aromatic carbocycles. The predicted octanol–water partition coefficient (Wildman–Crippen LogP) is 1.16. The number of hydrogen-bond acceptors (Lipinski definition) is 3. The van der Waals surface area contributed by atoms with E-state index in [9.17, 15) is 9.59 Å². The summed E-state index contributed by atoms with van der Waals surface area (Å²) in [5.41, 5.74) is 0. The zero-order valence-electron chi connectivity index (χ0n) is 7.79. The van der Waals surface area contributed by atoms with Gasteiger partial charge in [0.15, 0.2) is 0 Å². The number of ketones is 1. The second-order valence-corrected chi connectivity index (χ2v) is 4.18. The number of rotatable bonds is 2. The molecule has 0 heterocycles. The summed E-state index contributed by atoms with van der Waals surface area (Å²) in [4.78, 5) is 21.9. The summed E-state index contributed by atoms with van der Waals surface area (Å²) in [7, 11) is 0. The van der Waals surface area contributed by atoms with Gasteiger partial charge in [-0.05, 0) is 18.8 Å². The van der Waals surface area contributed by atoms with Crippen LogP contribution in [0.4, 0.5) is 0 Å². The number of Topliss-reactive ketones (excluding diaryl/α,β-unsaturated/α-hetero) is 1. The van der Waals surface area contributed by atoms with E-state index in [4.69, 9.17) is 4.74 Å². The third-order valence-electron chi connectivity index (χ3n) is 3.20. The molecular formula is C10H14O3. The maximum Gasteiger partial charge on any atom is 0.302 e. The molecule has 0 aliphatic heterocycles. The molecule has 0 unspecified atom stereocenters. The van der Waals surface area contributed by atoms with Crippen LogP contribution in [-0.2, 0) is 14.3 Å². The van der Waals surface area contributed by atoms with Crippen molar-refractivity contribution in [1.82, 2.24) is 0 Å². The fourth-order valence-electron chi connectivity index (χ4n) is 2.65. The summed E-state index contributed by atoms with van der Waals surface area (Å²) in [6.07, 6.45) is 2.87. The van der Waals surface area contributed by atoms with E-state index in [0.29, 0.717) is 24.2 Å². The molecule has 3 atom stereocenters. The molecule has 2 saturated carbocycles. The van der Waals surface area contributed by atoms with Crippen LogP contribution in [0.5, 0.6) is 0 Å². The van der Waals surface area contributed by atoms with Gasteiger partial charge in [0.1, 0.15) is 5.78 Å². The highest BCUT2D eigenvalue weighted by molar-refractivity contribution is 5.84. The van der Waals surface area contributed by atoms with E-state index in [1.807, 2.05) is 0 Å². The van der Waals surface area contributed by atoms with Crippen molar-refractivity contribution in [2.24, 2.45) is 17.8 Å². The Morgan fingerprint density at radius 3 is 2.85 bits per heavy atom. The highest BCUT2D eigenvalue weighted by Gasteiger charge is 2.45. The normalized spacial score (nSPS) is 36.7. The van der Waals surface area contributed by atoms with Crippen molar-refractivity contribution in [3.63, 3.8) is 0 Å². The van der Waals surface area contributed by atoms with Crippen LogP contribution in [0.2, 0.25) is 0 Å². The van der Waals surface area contributed by atoms with Gasteiger partial charge in [0, 0.05) is 25.2 Å². The zero-order chi connectivity index (χ0) is 9.42. The minimum atomic E-state index is -0.241. The smallest absolute Gasteiger partial charge is 0.302 e. The third-order valence-corrected chi connectivity index (χ3v) is 3.20. The first-order valence-corrected chi connectivity index (χ1v) is 4.83. The lowest BCUT2D eigenvalue weighted by Gasteiger charge is -2.19. The summed E-state index contributed by atoms with van der Waals surface area (Å²) in [5, 5.41) is 0. The fourth-order valence-corrected chi connectivity index (χ4v) is 2.65. The van der Waals surface area contributed by atoms with Gasteiger partial charge in [-0.3, -0.25) is 9.59 Å². The summed E-state index contributed by atoms with van der Waals surface area (Å²) in [6.45, 7) is 1.86. The van der Waals surface area contributed by atoms with Gasteiger partial charge >= 0.3 is 5.97 Å². The van der Waals surface area contributed by atoms with Crippen molar-refractivity contribution >= 4 is 11.8 Å². The largest absolute Gasteiger partial charge is 0.466 e. The Labute approximate surface area is 77.4 Å². The first kappa shape index (κ1) is 8.73. The molecule has 0 aromatic heterocycles. The quantitative estimate of drug-likeness (QED) is 0.602. The van der Waals surface area contributed by atoms with Gasteiger partial charge in [-0.2, -0.15) is 0 Å². The molecule has 2 bridgehead atoms. The van der Waals surface area contributed by atoms with Crippen LogP contribution in [0.1, 0.15) is 26.2 Å². The van der Waals surface area contributed by atoms with Crippen molar-refractivity contribution in [3.05, 3.63) is 0 Å². The minimum absolute atomic E-state index is 0.198. The van der Waals surface area contributed by atoms with Gasteiger partial charge in [0.2, 0.25) is 0 Å². The average Bonchev–Trinajstić information content (AvgIpc) is 2.58. The zero-order valence-corrected chi connectivity index (χ0v) is 7.79. The highest BCUT2D eigenvalue weighted by atomic mass is 16.5. The van der Waals surface area contributed by atoms with Crippen molar-refractivity contribution < 1.29 is 14.3 Å². The van der Waals surface area contributed by atoms with E-state index in [1.54, 1.807) is 0 Å². The molecule has 3 nitrogen and oxygen atoms in total. The predicted molar refractivity (Wildman–Crippen MR) is 46.0 cm³/mol. The number of esters is 1. The van der Waals surface area contributed by atoms with Crippen LogP contribution in [-0.4, -0.2) is 18.4 Å². The lowest BCUT2D eigenvalue weighted by Crippen LogP contribution is -2.24. The second-order valence-electron chi connectivity index (χ2n) is 4.18. The minimum Gasteiger partial charge on any atom is -0.466 e. The van der Waals surface area contributed by atoms with Gasteiger partial charge in [0.05, 0.1) is 6.61 Å². The Hall–Kier alpha value is -0.860. The fraction of sp³-hybridized carbons (Fsp3) is 0.800. The van der Waals surface area contributed by atoms with Crippen molar-refractivity contribution in [3.8, 4) is 0 Å². The standard InChI is InChI=1S/C10H14O3/c1-6(11)13-5-8-2-7-3-9(8)10(12)4-7/h7-9H,2-5H2,1H3/t7-,8-,9-/m1/s1. The summed E-state index contributed by atoms with van der Waals surface area (Å²) < 4.78 is 4.94. The second kappa shape index (κ2) is 3.13. The lowest BCUT2D eigenvalue weighted by atomic mass is 9.88. The van der Waals surface area contributed by atoms with Crippen molar-refractivity contribution in [2.45, 2.75) is 26.2 Å². The Kier molecular flexibility index (Phi) is 2.10. The number of carbonyl (C=O) groups is 2. The Morgan fingerprint density at radius 2 is 2.31 bits per heavy atom. The maximum atomic E-state index is 11.4. The van der Waals surface area contributed by atoms with E-state index in [-0.39, 0.29) is 11.9 Å². The molecule has 2 aliphatic rings. The van der Waals surface area contributed by atoms with Gasteiger partial charge in [-0.15, -0.1) is 0 Å². The topological polar surface area (TPSA) is 43.4 Å². The Balaban J connectivity index is 1.89. The van der Waals surface area contributed by atoms with Gasteiger partial charge in [-0.1, -0.05) is 0 Å². The first-order chi connectivity index (χ1) is 6.16. The van der Waals surface area contributed by atoms with E-state index < -0.39 is 0 Å². The number of ether oxygens (including phenoxy) is 1. The van der Waals surface area contributed by atoms with Crippen molar-refractivity contribution in [2.75, 3.05) is 6.61 Å². The van der Waals surface area contributed by atoms with E-state index in [0.717, 1.165) is 19.3 Å². The van der Waals surface area contributed by atoms with E-state index in [1.165, 1.54) is 6.92 Å². The summed E-state index contributed by atoms with van der Waals surface area (Å²) in [6, 6.07) is 0. The number of carbonyl (C=O) groups excluding carboxylic acids is 2. The van der Waals surface area contributed by atoms with Gasteiger partial charge in [0.25, 0.3) is 0 Å². The van der Waals surface area contributed by atoms with E-state index >= 15 is 0 Å². The third kappa shape index (κ3) is 1.60. The monoisotopic (exact) mass is 182 g/mol. The molecule has 0 N–H and O–H groups in total. The summed E-state index contributed by atoms with van der Waals surface area (Å²) in [5.74, 6) is 1.24. The molecule has 3 heteroatoms. The number of fused-ring (bicyclic) bond motifs is 2. The molecule has 2 rings (SSSR count). The molecule has 2 fully saturated rings. The molecule has 0 spiro atoms. The molecule has 0 aromatic rings.